The van der Waals surface area contributed by atoms with E-state index in [0.717, 1.165) is 6.07 Å². The van der Waals surface area contributed by atoms with Crippen LogP contribution in [0.4, 0.5) is 28.4 Å². The predicted molar refractivity (Wildman–Crippen MR) is 152 cm³/mol. The second-order valence-corrected chi connectivity index (χ2v) is 12.1. The van der Waals surface area contributed by atoms with Crippen LogP contribution in [0.15, 0.2) is 90.9 Å². The van der Waals surface area contributed by atoms with Crippen molar-refractivity contribution in [2.45, 2.75) is 16.7 Å². The number of nitrogens with zero attached hydrogens (tertiary/aromatic N) is 4. The van der Waals surface area contributed by atoms with E-state index in [1.165, 1.54) is 50.4 Å². The van der Waals surface area contributed by atoms with E-state index in [9.17, 15) is 31.6 Å². The van der Waals surface area contributed by atoms with Crippen molar-refractivity contribution in [3.05, 3.63) is 60.7 Å². The third-order valence-corrected chi connectivity index (χ3v) is 8.68. The van der Waals surface area contributed by atoms with E-state index < -0.39 is 30.6 Å². The van der Waals surface area contributed by atoms with Gasteiger partial charge in [-0.1, -0.05) is 19.1 Å². The van der Waals surface area contributed by atoms with Crippen molar-refractivity contribution in [3.63, 3.8) is 0 Å². The molecule has 0 aliphatic rings. The number of hydrogen-bond donors (Lipinski definition) is 4. The number of azo groups is 2. The summed E-state index contributed by atoms with van der Waals surface area (Å²) in [7, 11) is -5.30. The van der Waals surface area contributed by atoms with E-state index in [0.29, 0.717) is 16.5 Å². The zero-order valence-corrected chi connectivity index (χ0v) is 23.6. The predicted octanol–water partition coefficient (Wildman–Crippen LogP) is 6.17. The summed E-state index contributed by atoms with van der Waals surface area (Å²) in [5.74, 6) is -0.946. The summed E-state index contributed by atoms with van der Waals surface area (Å²) < 4.78 is 62.7. The number of methoxy groups -OCH3 is 1. The maximum atomic E-state index is 12.3. The lowest BCUT2D eigenvalue weighted by atomic mass is 10.1. The Balaban J connectivity index is 1.78. The maximum Gasteiger partial charge on any atom is 0.296 e. The third-order valence-electron chi connectivity index (χ3n) is 6.03. The molecular formula is C26H25N5O8S2. The van der Waals surface area contributed by atoms with Crippen LogP contribution in [0.5, 0.6) is 17.2 Å². The number of fused-ring (bicyclic) bond motifs is 1. The second kappa shape index (κ2) is 11.5. The van der Waals surface area contributed by atoms with Crippen LogP contribution in [-0.4, -0.2) is 51.5 Å². The van der Waals surface area contributed by atoms with Gasteiger partial charge in [-0.2, -0.15) is 8.42 Å². The van der Waals surface area contributed by atoms with Crippen LogP contribution in [0, 0.1) is 0 Å². The monoisotopic (exact) mass is 599 g/mol. The van der Waals surface area contributed by atoms with Crippen molar-refractivity contribution in [1.29, 1.82) is 0 Å². The summed E-state index contributed by atoms with van der Waals surface area (Å²) in [4.78, 5) is -0.602. The van der Waals surface area contributed by atoms with Crippen LogP contribution in [0.3, 0.4) is 0 Å². The number of phenolic OH excluding ortho intramolecular Hbond substituents is 2. The number of aromatic hydroxyl groups is 2. The highest BCUT2D eigenvalue weighted by Crippen LogP contribution is 2.44. The van der Waals surface area contributed by atoms with Gasteiger partial charge in [0.2, 0.25) is 0 Å². The summed E-state index contributed by atoms with van der Waals surface area (Å²) in [5, 5.41) is 41.3. The van der Waals surface area contributed by atoms with Gasteiger partial charge in [0.1, 0.15) is 44.0 Å². The maximum absolute atomic E-state index is 12.3. The molecule has 15 heteroatoms. The molecule has 214 valence electrons. The Labute approximate surface area is 235 Å². The number of hydrogen-bond acceptors (Lipinski definition) is 12. The average Bonchev–Trinajstić information content (AvgIpc) is 2.95. The van der Waals surface area contributed by atoms with Gasteiger partial charge >= 0.3 is 0 Å². The van der Waals surface area contributed by atoms with Crippen LogP contribution in [-0.2, 0) is 20.0 Å². The van der Waals surface area contributed by atoms with Crippen LogP contribution in [0.25, 0.3) is 10.8 Å². The minimum absolute atomic E-state index is 0.0218. The fraction of sp³-hybridized carbons (Fsp3) is 0.154. The van der Waals surface area contributed by atoms with Crippen LogP contribution < -0.4 is 10.1 Å². The lowest BCUT2D eigenvalue weighted by Gasteiger charge is -2.11. The van der Waals surface area contributed by atoms with Crippen LogP contribution in [0.1, 0.15) is 6.92 Å². The van der Waals surface area contributed by atoms with Gasteiger partial charge in [0.05, 0.1) is 18.6 Å². The van der Waals surface area contributed by atoms with Crippen molar-refractivity contribution in [2.24, 2.45) is 20.5 Å². The Morgan fingerprint density at radius 2 is 1.46 bits per heavy atom. The number of rotatable bonds is 9. The van der Waals surface area contributed by atoms with Crippen molar-refractivity contribution < 1.29 is 36.3 Å². The highest BCUT2D eigenvalue weighted by atomic mass is 32.2. The lowest BCUT2D eigenvalue weighted by molar-refractivity contribution is 0.399. The zero-order chi connectivity index (χ0) is 29.9. The molecule has 0 saturated carbocycles. The molecule has 4 aromatic carbocycles. The van der Waals surface area contributed by atoms with Crippen molar-refractivity contribution >= 4 is 59.2 Å². The molecule has 0 saturated heterocycles. The highest BCUT2D eigenvalue weighted by Gasteiger charge is 2.21. The molecule has 0 atom stereocenters. The van der Waals surface area contributed by atoms with Gasteiger partial charge in [-0.05, 0) is 36.4 Å². The van der Waals surface area contributed by atoms with Gasteiger partial charge in [-0.15, -0.1) is 20.5 Å². The standard InChI is InChI=1S/C26H25N5O8S2/c1-4-40(34,35)24-14-21(32)20(13-22(24)39-3)30-29-19-12-9-15-16(26(19)33)10-11-18(27-2)25(15)31-28-17-7-5-6-8-23(17)41(36,37)38/h5-14,27,32-33H,4H2,1-3H3,(H,36,37,38)/b30-29+,31-28+. The Hall–Kier alpha value is -4.60. The first-order valence-corrected chi connectivity index (χ1v) is 15.0. The first kappa shape index (κ1) is 29.4. The number of ether oxygens (including phenoxy) is 1. The van der Waals surface area contributed by atoms with E-state index in [2.05, 4.69) is 25.8 Å². The number of sulfone groups is 1. The van der Waals surface area contributed by atoms with E-state index in [1.54, 1.807) is 25.2 Å². The fourth-order valence-corrected chi connectivity index (χ4v) is 5.57. The Kier molecular flexibility index (Phi) is 8.23. The first-order valence-electron chi connectivity index (χ1n) is 11.9. The normalized spacial score (nSPS) is 12.4. The molecule has 0 aliphatic carbocycles. The van der Waals surface area contributed by atoms with E-state index in [-0.39, 0.29) is 44.9 Å². The van der Waals surface area contributed by atoms with Gasteiger partial charge in [-0.3, -0.25) is 4.55 Å². The summed E-state index contributed by atoms with van der Waals surface area (Å²) in [6, 6.07) is 14.1. The highest BCUT2D eigenvalue weighted by molar-refractivity contribution is 7.91. The Morgan fingerprint density at radius 3 is 2.12 bits per heavy atom. The molecular weight excluding hydrogens is 574 g/mol. The fourth-order valence-electron chi connectivity index (χ4n) is 3.90. The molecule has 0 radical (unpaired) electrons. The molecule has 0 unspecified atom stereocenters. The van der Waals surface area contributed by atoms with E-state index in [4.69, 9.17) is 4.74 Å². The van der Waals surface area contributed by atoms with Gasteiger partial charge < -0.3 is 20.3 Å². The Bertz CT molecular complexity index is 1920. The van der Waals surface area contributed by atoms with Crippen molar-refractivity contribution in [2.75, 3.05) is 25.2 Å². The van der Waals surface area contributed by atoms with Crippen LogP contribution >= 0.6 is 0 Å². The smallest absolute Gasteiger partial charge is 0.296 e. The molecule has 13 nitrogen and oxygen atoms in total. The Morgan fingerprint density at radius 1 is 0.805 bits per heavy atom. The molecule has 4 N–H and O–H groups in total. The molecule has 4 rings (SSSR count). The van der Waals surface area contributed by atoms with Crippen molar-refractivity contribution in [3.8, 4) is 17.2 Å². The first-order chi connectivity index (χ1) is 19.4. The molecule has 0 amide bonds. The zero-order valence-electron chi connectivity index (χ0n) is 22.0. The molecule has 0 aromatic heterocycles. The number of benzene rings is 4. The molecule has 0 aliphatic heterocycles. The van der Waals surface area contributed by atoms with Gasteiger partial charge in [-0.25, -0.2) is 8.42 Å². The summed E-state index contributed by atoms with van der Waals surface area (Å²) in [6.07, 6.45) is 0. The number of phenols is 2. The number of nitrogens with one attached hydrogen (secondary N) is 1. The SMILES string of the molecule is CCS(=O)(=O)c1cc(O)c(/N=N/c2ccc3c(/N=N/c4ccccc4S(=O)(=O)O)c(NC)ccc3c2O)cc1OC. The summed E-state index contributed by atoms with van der Waals surface area (Å²) in [6.45, 7) is 1.46. The minimum atomic E-state index is -4.54. The topological polar surface area (TPSA) is 200 Å². The van der Waals surface area contributed by atoms with Crippen LogP contribution in [0.2, 0.25) is 0 Å². The van der Waals surface area contributed by atoms with Gasteiger partial charge in [0, 0.05) is 30.0 Å². The summed E-state index contributed by atoms with van der Waals surface area (Å²) >= 11 is 0. The lowest BCUT2D eigenvalue weighted by Crippen LogP contribution is -2.05. The molecule has 41 heavy (non-hydrogen) atoms. The molecule has 0 bridgehead atoms. The van der Waals surface area contributed by atoms with Gasteiger partial charge in [0.25, 0.3) is 10.1 Å². The summed E-state index contributed by atoms with van der Waals surface area (Å²) in [5.41, 5.74) is 0.631. The largest absolute Gasteiger partial charge is 0.506 e. The molecule has 0 fully saturated rings. The molecule has 0 heterocycles. The van der Waals surface area contributed by atoms with E-state index in [1.807, 2.05) is 0 Å². The van der Waals surface area contributed by atoms with Crippen molar-refractivity contribution in [1.82, 2.24) is 0 Å². The van der Waals surface area contributed by atoms with Gasteiger partial charge in [0.15, 0.2) is 15.6 Å². The number of anilines is 1. The quantitative estimate of drug-likeness (QED) is 0.128. The van der Waals surface area contributed by atoms with E-state index >= 15 is 0 Å². The second-order valence-electron chi connectivity index (χ2n) is 8.48. The third kappa shape index (κ3) is 5.96. The molecule has 4 aromatic rings. The minimum Gasteiger partial charge on any atom is -0.506 e. The average molecular weight is 600 g/mol. The molecule has 0 spiro atoms.